The van der Waals surface area contributed by atoms with Crippen molar-refractivity contribution in [2.24, 2.45) is 0 Å². The first-order valence-electron chi connectivity index (χ1n) is 8.03. The molecule has 0 aromatic rings. The topological polar surface area (TPSA) is 43.9 Å². The molecule has 5 heteroatoms. The monoisotopic (exact) mass is 279 g/mol. The van der Waals surface area contributed by atoms with Gasteiger partial charge in [0, 0.05) is 12.6 Å². The summed E-state index contributed by atoms with van der Waals surface area (Å²) >= 11 is 0. The summed E-state index contributed by atoms with van der Waals surface area (Å²) in [6.45, 7) is 3.58. The number of carbonyl (C=O) groups excluding carboxylic acids is 2. The van der Waals surface area contributed by atoms with E-state index in [2.05, 4.69) is 4.90 Å². The van der Waals surface area contributed by atoms with Crippen LogP contribution < -0.4 is 0 Å². The van der Waals surface area contributed by atoms with Crippen molar-refractivity contribution in [3.05, 3.63) is 0 Å². The lowest BCUT2D eigenvalue weighted by Gasteiger charge is -2.41. The fourth-order valence-electron chi connectivity index (χ4n) is 3.89. The molecule has 2 amide bonds. The van der Waals surface area contributed by atoms with E-state index in [9.17, 15) is 9.59 Å². The van der Waals surface area contributed by atoms with Crippen molar-refractivity contribution in [2.45, 2.75) is 64.0 Å². The second-order valence-corrected chi connectivity index (χ2v) is 6.44. The van der Waals surface area contributed by atoms with Crippen molar-refractivity contribution in [1.29, 1.82) is 0 Å². The Hall–Kier alpha value is -1.10. The highest BCUT2D eigenvalue weighted by Crippen LogP contribution is 2.26. The molecule has 3 aliphatic rings. The van der Waals surface area contributed by atoms with Crippen LogP contribution in [0.4, 0.5) is 0 Å². The molecular formula is C15H25N3O2. The van der Waals surface area contributed by atoms with Crippen molar-refractivity contribution in [3.63, 3.8) is 0 Å². The Kier molecular flexibility index (Phi) is 3.96. The van der Waals surface area contributed by atoms with E-state index in [4.69, 9.17) is 0 Å². The minimum absolute atomic E-state index is 0.105. The summed E-state index contributed by atoms with van der Waals surface area (Å²) in [5.41, 5.74) is 0. The molecular weight excluding hydrogens is 254 g/mol. The average molecular weight is 279 g/mol. The van der Waals surface area contributed by atoms with Crippen molar-refractivity contribution in [1.82, 2.24) is 14.9 Å². The predicted octanol–water partition coefficient (Wildman–Crippen LogP) is 1.39. The van der Waals surface area contributed by atoms with Crippen LogP contribution in [-0.2, 0) is 9.59 Å². The Labute approximate surface area is 120 Å². The summed E-state index contributed by atoms with van der Waals surface area (Å²) in [7, 11) is 0. The summed E-state index contributed by atoms with van der Waals surface area (Å²) in [4.78, 5) is 27.2. The van der Waals surface area contributed by atoms with Crippen molar-refractivity contribution in [2.75, 3.05) is 19.6 Å². The quantitative estimate of drug-likeness (QED) is 0.728. The van der Waals surface area contributed by atoms with E-state index in [0.717, 1.165) is 25.7 Å². The van der Waals surface area contributed by atoms with Gasteiger partial charge < -0.3 is 0 Å². The highest BCUT2D eigenvalue weighted by molar-refractivity contribution is 5.87. The summed E-state index contributed by atoms with van der Waals surface area (Å²) in [5, 5.41) is 3.44. The molecule has 0 N–H and O–H groups in total. The molecule has 1 atom stereocenters. The standard InChI is InChI=1S/C15H25N3O2/c1-12-6-5-9-17-14(19)10-16(11-15(20)18(12)17)13-7-3-2-4-8-13/h12-13H,2-11H2,1H3. The number of fused-ring (bicyclic) bond motifs is 1. The normalized spacial score (nSPS) is 30.4. The highest BCUT2D eigenvalue weighted by Gasteiger charge is 2.39. The molecule has 112 valence electrons. The van der Waals surface area contributed by atoms with Gasteiger partial charge in [-0.05, 0) is 32.6 Å². The first-order valence-corrected chi connectivity index (χ1v) is 8.03. The first-order chi connectivity index (χ1) is 9.66. The van der Waals surface area contributed by atoms with Gasteiger partial charge in [-0.2, -0.15) is 0 Å². The summed E-state index contributed by atoms with van der Waals surface area (Å²) < 4.78 is 0. The van der Waals surface area contributed by atoms with E-state index in [0.29, 0.717) is 25.7 Å². The van der Waals surface area contributed by atoms with Gasteiger partial charge in [0.05, 0.1) is 19.1 Å². The van der Waals surface area contributed by atoms with Gasteiger partial charge in [0.15, 0.2) is 0 Å². The second-order valence-electron chi connectivity index (χ2n) is 6.44. The molecule has 2 heterocycles. The molecule has 1 unspecified atom stereocenters. The summed E-state index contributed by atoms with van der Waals surface area (Å²) in [6, 6.07) is 0.584. The van der Waals surface area contributed by atoms with Gasteiger partial charge in [-0.15, -0.1) is 0 Å². The predicted molar refractivity (Wildman–Crippen MR) is 75.7 cm³/mol. The van der Waals surface area contributed by atoms with Crippen molar-refractivity contribution >= 4 is 11.8 Å². The van der Waals surface area contributed by atoms with Crippen LogP contribution in [0.25, 0.3) is 0 Å². The third-order valence-corrected chi connectivity index (χ3v) is 4.98. The van der Waals surface area contributed by atoms with Gasteiger partial charge in [-0.3, -0.25) is 19.5 Å². The van der Waals surface area contributed by atoms with Gasteiger partial charge in [-0.1, -0.05) is 19.3 Å². The number of carbonyl (C=O) groups is 2. The third kappa shape index (κ3) is 2.55. The minimum atomic E-state index is 0.105. The lowest BCUT2D eigenvalue weighted by molar-refractivity contribution is -0.169. The molecule has 20 heavy (non-hydrogen) atoms. The maximum absolute atomic E-state index is 12.5. The number of nitrogens with zero attached hydrogens (tertiary/aromatic N) is 3. The first kappa shape index (κ1) is 13.9. The molecule has 3 rings (SSSR count). The number of hydrazine groups is 1. The van der Waals surface area contributed by atoms with Crippen LogP contribution in [-0.4, -0.2) is 58.5 Å². The van der Waals surface area contributed by atoms with E-state index >= 15 is 0 Å². The second kappa shape index (κ2) is 5.72. The van der Waals surface area contributed by atoms with Crippen molar-refractivity contribution in [3.8, 4) is 0 Å². The van der Waals surface area contributed by atoms with Gasteiger partial charge in [0.2, 0.25) is 0 Å². The zero-order valence-corrected chi connectivity index (χ0v) is 12.4. The molecule has 1 saturated carbocycles. The molecule has 1 aliphatic carbocycles. The van der Waals surface area contributed by atoms with Crippen LogP contribution in [0.1, 0.15) is 51.9 Å². The van der Waals surface area contributed by atoms with E-state index < -0.39 is 0 Å². The van der Waals surface area contributed by atoms with Crippen molar-refractivity contribution < 1.29 is 9.59 Å². The number of hydrogen-bond donors (Lipinski definition) is 0. The molecule has 2 saturated heterocycles. The number of rotatable bonds is 1. The van der Waals surface area contributed by atoms with E-state index in [1.54, 1.807) is 10.0 Å². The van der Waals surface area contributed by atoms with E-state index in [1.807, 2.05) is 6.92 Å². The van der Waals surface area contributed by atoms with Gasteiger partial charge in [-0.25, -0.2) is 5.01 Å². The SMILES string of the molecule is CC1CCCN2C(=O)CN(C3CCCCC3)CC(=O)N12. The summed E-state index contributed by atoms with van der Waals surface area (Å²) in [5.74, 6) is 0.210. The fraction of sp³-hybridized carbons (Fsp3) is 0.867. The molecule has 0 bridgehead atoms. The van der Waals surface area contributed by atoms with Crippen LogP contribution in [0, 0.1) is 0 Å². The molecule has 5 nitrogen and oxygen atoms in total. The van der Waals surface area contributed by atoms with E-state index in [1.165, 1.54) is 19.3 Å². The largest absolute Gasteiger partial charge is 0.282 e. The van der Waals surface area contributed by atoms with Crippen LogP contribution in [0.3, 0.4) is 0 Å². The number of hydrogen-bond acceptors (Lipinski definition) is 3. The van der Waals surface area contributed by atoms with Gasteiger partial charge in [0.25, 0.3) is 11.8 Å². The molecule has 3 fully saturated rings. The summed E-state index contributed by atoms with van der Waals surface area (Å²) in [6.07, 6.45) is 8.02. The minimum Gasteiger partial charge on any atom is -0.282 e. The smallest absolute Gasteiger partial charge is 0.255 e. The van der Waals surface area contributed by atoms with Crippen LogP contribution in [0.2, 0.25) is 0 Å². The highest BCUT2D eigenvalue weighted by atomic mass is 16.2. The Bertz CT molecular complexity index is 393. The maximum atomic E-state index is 12.5. The fourth-order valence-corrected chi connectivity index (χ4v) is 3.89. The Morgan fingerprint density at radius 3 is 2.35 bits per heavy atom. The van der Waals surface area contributed by atoms with Gasteiger partial charge in [0.1, 0.15) is 0 Å². The zero-order chi connectivity index (χ0) is 14.1. The molecule has 0 aromatic carbocycles. The zero-order valence-electron chi connectivity index (χ0n) is 12.4. The molecule has 0 radical (unpaired) electrons. The van der Waals surface area contributed by atoms with Crippen LogP contribution in [0.5, 0.6) is 0 Å². The Morgan fingerprint density at radius 2 is 1.60 bits per heavy atom. The maximum Gasteiger partial charge on any atom is 0.255 e. The van der Waals surface area contributed by atoms with Crippen LogP contribution >= 0.6 is 0 Å². The lowest BCUT2D eigenvalue weighted by Crippen LogP contribution is -2.56. The molecule has 0 spiro atoms. The van der Waals surface area contributed by atoms with Gasteiger partial charge >= 0.3 is 0 Å². The van der Waals surface area contributed by atoms with E-state index in [-0.39, 0.29) is 17.9 Å². The average Bonchev–Trinajstić information content (AvgIpc) is 2.59. The molecule has 2 aliphatic heterocycles. The molecule has 0 aromatic heterocycles. The lowest BCUT2D eigenvalue weighted by atomic mass is 9.94. The van der Waals surface area contributed by atoms with Crippen LogP contribution in [0.15, 0.2) is 0 Å². The Balaban J connectivity index is 1.77. The Morgan fingerprint density at radius 1 is 0.900 bits per heavy atom. The number of amides is 2. The third-order valence-electron chi connectivity index (χ3n) is 4.98.